The van der Waals surface area contributed by atoms with Gasteiger partial charge >= 0.3 is 5.97 Å². The highest BCUT2D eigenvalue weighted by Crippen LogP contribution is 2.24. The van der Waals surface area contributed by atoms with Crippen LogP contribution >= 0.6 is 11.6 Å². The lowest BCUT2D eigenvalue weighted by Crippen LogP contribution is -2.30. The number of anilines is 2. The number of hydrogen-bond donors (Lipinski definition) is 4. The van der Waals surface area contributed by atoms with Gasteiger partial charge in [0.15, 0.2) is 0 Å². The number of benzene rings is 1. The van der Waals surface area contributed by atoms with Gasteiger partial charge in [-0.3, -0.25) is 9.59 Å². The zero-order valence-electron chi connectivity index (χ0n) is 17.1. The summed E-state index contributed by atoms with van der Waals surface area (Å²) in [6.45, 7) is 0.258. The van der Waals surface area contributed by atoms with E-state index in [0.717, 1.165) is 0 Å². The molecular weight excluding hydrogens is 440 g/mol. The second-order valence-corrected chi connectivity index (χ2v) is 7.10. The highest BCUT2D eigenvalue weighted by Gasteiger charge is 2.17. The third kappa shape index (κ3) is 5.05. The maximum atomic E-state index is 12.7. The van der Waals surface area contributed by atoms with Crippen LogP contribution in [0, 0.1) is 0 Å². The average Bonchev–Trinajstić information content (AvgIpc) is 2.78. The van der Waals surface area contributed by atoms with Gasteiger partial charge in [0.25, 0.3) is 11.5 Å². The molecule has 0 aliphatic rings. The number of methoxy groups -OCH3 is 1. The molecule has 32 heavy (non-hydrogen) atoms. The number of aromatic nitrogens is 2. The largest absolute Gasteiger partial charge is 0.465 e. The minimum atomic E-state index is -0.719. The Morgan fingerprint density at radius 3 is 2.53 bits per heavy atom. The minimum Gasteiger partial charge on any atom is -0.465 e. The van der Waals surface area contributed by atoms with Crippen LogP contribution in [-0.4, -0.2) is 65.5 Å². The minimum absolute atomic E-state index is 0.130. The second-order valence-electron chi connectivity index (χ2n) is 6.69. The van der Waals surface area contributed by atoms with Crippen molar-refractivity contribution in [2.75, 3.05) is 43.6 Å². The molecule has 2 heterocycles. The van der Waals surface area contributed by atoms with E-state index in [0.29, 0.717) is 11.2 Å². The monoisotopic (exact) mass is 460 g/mol. The Kier molecular flexibility index (Phi) is 7.41. The number of rotatable bonds is 8. The van der Waals surface area contributed by atoms with Crippen LogP contribution < -0.4 is 15.8 Å². The Morgan fingerprint density at radius 1 is 1.16 bits per heavy atom. The van der Waals surface area contributed by atoms with E-state index >= 15 is 0 Å². The molecule has 168 valence electrons. The highest BCUT2D eigenvalue weighted by molar-refractivity contribution is 6.34. The van der Waals surface area contributed by atoms with Gasteiger partial charge in [0.1, 0.15) is 17.0 Å². The summed E-state index contributed by atoms with van der Waals surface area (Å²) < 4.78 is 4.66. The van der Waals surface area contributed by atoms with Crippen LogP contribution in [0.1, 0.15) is 20.7 Å². The van der Waals surface area contributed by atoms with E-state index in [1.165, 1.54) is 31.4 Å². The predicted molar refractivity (Wildman–Crippen MR) is 119 cm³/mol. The summed E-state index contributed by atoms with van der Waals surface area (Å²) in [6.07, 6.45) is 0. The lowest BCUT2D eigenvalue weighted by molar-refractivity contribution is 0.0600. The molecule has 0 aliphatic carbocycles. The molecule has 0 fully saturated rings. The number of halogens is 1. The molecule has 0 spiro atoms. The molecule has 0 atom stereocenters. The van der Waals surface area contributed by atoms with Crippen molar-refractivity contribution in [1.29, 1.82) is 0 Å². The number of amides is 1. The van der Waals surface area contributed by atoms with E-state index in [1.807, 2.05) is 0 Å². The molecule has 0 aliphatic heterocycles. The molecule has 3 aromatic rings. The number of aliphatic hydroxyl groups excluding tert-OH is 2. The van der Waals surface area contributed by atoms with Crippen molar-refractivity contribution in [1.82, 2.24) is 9.97 Å². The van der Waals surface area contributed by atoms with E-state index < -0.39 is 17.4 Å². The van der Waals surface area contributed by atoms with E-state index in [1.54, 1.807) is 17.0 Å². The van der Waals surface area contributed by atoms with Gasteiger partial charge in [0, 0.05) is 18.5 Å². The van der Waals surface area contributed by atoms with Gasteiger partial charge in [-0.15, -0.1) is 0 Å². The zero-order valence-corrected chi connectivity index (χ0v) is 17.8. The van der Waals surface area contributed by atoms with Crippen molar-refractivity contribution in [3.05, 3.63) is 62.9 Å². The Balaban J connectivity index is 1.92. The van der Waals surface area contributed by atoms with Crippen molar-refractivity contribution in [2.24, 2.45) is 0 Å². The molecule has 0 bridgehead atoms. The molecule has 0 radical (unpaired) electrons. The van der Waals surface area contributed by atoms with Crippen LogP contribution in [0.3, 0.4) is 0 Å². The quantitative estimate of drug-likeness (QED) is 0.369. The van der Waals surface area contributed by atoms with E-state index in [-0.39, 0.29) is 53.8 Å². The van der Waals surface area contributed by atoms with Crippen molar-refractivity contribution in [3.8, 4) is 0 Å². The van der Waals surface area contributed by atoms with Gasteiger partial charge < -0.3 is 30.2 Å². The fraction of sp³-hybridized carbons (Fsp3) is 0.238. The van der Waals surface area contributed by atoms with E-state index in [9.17, 15) is 24.6 Å². The van der Waals surface area contributed by atoms with Gasteiger partial charge in [-0.2, -0.15) is 0 Å². The molecule has 3 rings (SSSR count). The van der Waals surface area contributed by atoms with Crippen molar-refractivity contribution >= 4 is 46.0 Å². The number of carbonyl (C=O) groups is 2. The second kappa shape index (κ2) is 10.2. The lowest BCUT2D eigenvalue weighted by atomic mass is 10.1. The molecule has 0 saturated carbocycles. The third-order valence-corrected chi connectivity index (χ3v) is 4.96. The van der Waals surface area contributed by atoms with Crippen molar-refractivity contribution < 1.29 is 24.5 Å². The average molecular weight is 461 g/mol. The SMILES string of the molecule is COC(=O)c1ccc(Cl)c(NC(=O)c2cc3ccc(N(CCO)CCO)nc3[nH]c2=O)c1. The first-order valence-corrected chi connectivity index (χ1v) is 9.95. The normalized spacial score (nSPS) is 10.8. The van der Waals surface area contributed by atoms with Crippen LogP contribution in [0.25, 0.3) is 11.0 Å². The first-order valence-electron chi connectivity index (χ1n) is 9.58. The number of esters is 1. The van der Waals surface area contributed by atoms with Crippen LogP contribution in [-0.2, 0) is 4.74 Å². The summed E-state index contributed by atoms with van der Waals surface area (Å²) in [5.41, 5.74) is -0.261. The molecule has 0 saturated heterocycles. The summed E-state index contributed by atoms with van der Waals surface area (Å²) in [5, 5.41) is 21.6. The predicted octanol–water partition coefficient (Wildman–Crippen LogP) is 1.41. The Hall–Kier alpha value is -3.47. The molecule has 2 aromatic heterocycles. The zero-order chi connectivity index (χ0) is 23.3. The van der Waals surface area contributed by atoms with Gasteiger partial charge in [-0.1, -0.05) is 11.6 Å². The fourth-order valence-electron chi connectivity index (χ4n) is 3.05. The number of ether oxygens (including phenoxy) is 1. The number of pyridine rings is 2. The number of aliphatic hydroxyl groups is 2. The summed E-state index contributed by atoms with van der Waals surface area (Å²) >= 11 is 6.11. The number of hydrogen-bond acceptors (Lipinski definition) is 8. The Labute approximate surface area is 187 Å². The van der Waals surface area contributed by atoms with E-state index in [2.05, 4.69) is 20.0 Å². The van der Waals surface area contributed by atoms with Gasteiger partial charge in [-0.25, -0.2) is 9.78 Å². The maximum absolute atomic E-state index is 12.7. The van der Waals surface area contributed by atoms with E-state index in [4.69, 9.17) is 11.6 Å². The molecule has 4 N–H and O–H groups in total. The first kappa shape index (κ1) is 23.2. The molecule has 1 aromatic carbocycles. The first-order chi connectivity index (χ1) is 15.4. The van der Waals surface area contributed by atoms with Crippen LogP contribution in [0.15, 0.2) is 41.2 Å². The summed E-state index contributed by atoms with van der Waals surface area (Å²) in [4.78, 5) is 45.6. The molecule has 11 heteroatoms. The van der Waals surface area contributed by atoms with Gasteiger partial charge in [0.05, 0.1) is 36.6 Å². The topological polar surface area (TPSA) is 145 Å². The third-order valence-electron chi connectivity index (χ3n) is 4.63. The number of nitrogens with zero attached hydrogens (tertiary/aromatic N) is 2. The summed E-state index contributed by atoms with van der Waals surface area (Å²) in [5.74, 6) is -0.859. The number of aromatic amines is 1. The fourth-order valence-corrected chi connectivity index (χ4v) is 3.22. The maximum Gasteiger partial charge on any atom is 0.337 e. The molecular formula is C21H21ClN4O6. The van der Waals surface area contributed by atoms with Crippen LogP contribution in [0.4, 0.5) is 11.5 Å². The summed E-state index contributed by atoms with van der Waals surface area (Å²) in [6, 6.07) is 8.95. The van der Waals surface area contributed by atoms with Crippen molar-refractivity contribution in [3.63, 3.8) is 0 Å². The van der Waals surface area contributed by atoms with Crippen LogP contribution in [0.5, 0.6) is 0 Å². The Morgan fingerprint density at radius 2 is 1.88 bits per heavy atom. The number of nitrogens with one attached hydrogen (secondary N) is 2. The van der Waals surface area contributed by atoms with Crippen molar-refractivity contribution in [2.45, 2.75) is 0 Å². The standard InChI is InChI=1S/C21H21ClN4O6/c1-32-21(31)13-2-4-15(22)16(11-13)23-19(29)14-10-12-3-5-17(24-18(12)25-20(14)30)26(6-8-27)7-9-28/h2-5,10-11,27-28H,6-9H2,1H3,(H,23,29)(H,24,25,30). The smallest absolute Gasteiger partial charge is 0.337 e. The molecule has 1 amide bonds. The number of fused-ring (bicyclic) bond motifs is 1. The summed E-state index contributed by atoms with van der Waals surface area (Å²) in [7, 11) is 1.23. The van der Waals surface area contributed by atoms with Crippen LogP contribution in [0.2, 0.25) is 5.02 Å². The van der Waals surface area contributed by atoms with Gasteiger partial charge in [0.2, 0.25) is 0 Å². The lowest BCUT2D eigenvalue weighted by Gasteiger charge is -2.21. The van der Waals surface area contributed by atoms with Gasteiger partial charge in [-0.05, 0) is 36.4 Å². The number of H-pyrrole nitrogens is 1. The molecule has 10 nitrogen and oxygen atoms in total. The highest BCUT2D eigenvalue weighted by atomic mass is 35.5. The molecule has 0 unspecified atom stereocenters. The number of carbonyl (C=O) groups excluding carboxylic acids is 2. The Bertz CT molecular complexity index is 1210.